The van der Waals surface area contributed by atoms with Crippen molar-refractivity contribution in [1.29, 1.82) is 0 Å². The maximum Gasteiger partial charge on any atom is 0.262 e. The van der Waals surface area contributed by atoms with Gasteiger partial charge in [-0.2, -0.15) is 0 Å². The lowest BCUT2D eigenvalue weighted by molar-refractivity contribution is -0.143. The smallest absolute Gasteiger partial charge is 0.262 e. The molecule has 1 atom stereocenters. The van der Waals surface area contributed by atoms with Gasteiger partial charge in [-0.15, -0.1) is 0 Å². The number of nitrogens with zero attached hydrogens (tertiary/aromatic N) is 3. The molecular weight excluding hydrogens is 422 g/mol. The summed E-state index contributed by atoms with van der Waals surface area (Å²) in [7, 11) is 1.85. The first-order valence-corrected chi connectivity index (χ1v) is 11.7. The Labute approximate surface area is 199 Å². The molecule has 0 aliphatic carbocycles. The summed E-state index contributed by atoms with van der Waals surface area (Å²) >= 11 is 0. The summed E-state index contributed by atoms with van der Waals surface area (Å²) in [6.07, 6.45) is 1.11. The van der Waals surface area contributed by atoms with Gasteiger partial charge in [0, 0.05) is 19.9 Å². The van der Waals surface area contributed by atoms with Crippen LogP contribution in [0.5, 0.6) is 0 Å². The first kappa shape index (κ1) is 22.1. The molecule has 2 heterocycles. The van der Waals surface area contributed by atoms with Crippen LogP contribution in [0.4, 0.5) is 0 Å². The molecule has 0 unspecified atom stereocenters. The van der Waals surface area contributed by atoms with Crippen molar-refractivity contribution < 1.29 is 4.79 Å². The Kier molecular flexibility index (Phi) is 5.35. The van der Waals surface area contributed by atoms with Gasteiger partial charge in [0.1, 0.15) is 17.4 Å². The first-order valence-electron chi connectivity index (χ1n) is 11.7. The van der Waals surface area contributed by atoms with Crippen molar-refractivity contribution in [2.45, 2.75) is 45.2 Å². The Bertz CT molecular complexity index is 1390. The van der Waals surface area contributed by atoms with Crippen molar-refractivity contribution in [1.82, 2.24) is 14.5 Å². The van der Waals surface area contributed by atoms with Gasteiger partial charge < -0.3 is 4.90 Å². The minimum atomic E-state index is -0.808. The number of carbonyl (C=O) groups is 1. The molecule has 0 bridgehead atoms. The minimum absolute atomic E-state index is 0.0779. The van der Waals surface area contributed by atoms with E-state index in [0.29, 0.717) is 29.6 Å². The van der Waals surface area contributed by atoms with Crippen LogP contribution in [-0.2, 0) is 23.2 Å². The molecule has 0 radical (unpaired) electrons. The van der Waals surface area contributed by atoms with Gasteiger partial charge in [-0.05, 0) is 44.0 Å². The van der Waals surface area contributed by atoms with Crippen molar-refractivity contribution in [2.75, 3.05) is 7.05 Å². The first-order chi connectivity index (χ1) is 16.3. The average Bonchev–Trinajstić information content (AvgIpc) is 2.84. The van der Waals surface area contributed by atoms with Crippen LogP contribution in [0.15, 0.2) is 77.6 Å². The van der Waals surface area contributed by atoms with Crippen LogP contribution in [0.25, 0.3) is 10.9 Å². The zero-order valence-electron chi connectivity index (χ0n) is 20.1. The normalized spacial score (nSPS) is 17.1. The summed E-state index contributed by atoms with van der Waals surface area (Å²) in [6, 6.07) is 23.5. The van der Waals surface area contributed by atoms with Crippen molar-refractivity contribution in [3.63, 3.8) is 0 Å². The number of aromatic nitrogens is 2. The molecule has 0 saturated heterocycles. The van der Waals surface area contributed by atoms with Gasteiger partial charge in [-0.25, -0.2) is 4.98 Å². The van der Waals surface area contributed by atoms with Gasteiger partial charge in [0.25, 0.3) is 5.56 Å². The SMILES string of the molecule is Cc1ccc(CC2(Cc3ccc(C)cc3)c3nc4ccccc4c(=O)n3[C@@H](C)C(=O)N2C)cc1. The second-order valence-electron chi connectivity index (χ2n) is 9.56. The fraction of sp³-hybridized carbons (Fsp3) is 0.276. The molecule has 0 N–H and O–H groups in total. The third kappa shape index (κ3) is 3.52. The van der Waals surface area contributed by atoms with E-state index < -0.39 is 11.6 Å². The number of hydrogen-bond acceptors (Lipinski definition) is 3. The lowest BCUT2D eigenvalue weighted by Crippen LogP contribution is -2.60. The van der Waals surface area contributed by atoms with Gasteiger partial charge in [0.2, 0.25) is 5.91 Å². The number of hydrogen-bond donors (Lipinski definition) is 0. The largest absolute Gasteiger partial charge is 0.330 e. The van der Waals surface area contributed by atoms with E-state index in [1.54, 1.807) is 17.6 Å². The van der Waals surface area contributed by atoms with Crippen LogP contribution in [0.2, 0.25) is 0 Å². The van der Waals surface area contributed by atoms with Crippen LogP contribution in [-0.4, -0.2) is 27.4 Å². The molecule has 1 aliphatic rings. The van der Waals surface area contributed by atoms with Gasteiger partial charge in [0.15, 0.2) is 0 Å². The molecule has 1 aliphatic heterocycles. The Hall–Kier alpha value is -3.73. The number of para-hydroxylation sites is 1. The predicted octanol–water partition coefficient (Wildman–Crippen LogP) is 4.73. The van der Waals surface area contributed by atoms with Gasteiger partial charge in [-0.1, -0.05) is 71.8 Å². The summed E-state index contributed by atoms with van der Waals surface area (Å²) < 4.78 is 1.63. The van der Waals surface area contributed by atoms with Crippen molar-refractivity contribution in [2.24, 2.45) is 0 Å². The monoisotopic (exact) mass is 451 g/mol. The van der Waals surface area contributed by atoms with Crippen molar-refractivity contribution in [3.8, 4) is 0 Å². The molecule has 5 heteroatoms. The van der Waals surface area contributed by atoms with Crippen LogP contribution >= 0.6 is 0 Å². The molecule has 3 aromatic carbocycles. The molecule has 1 aromatic heterocycles. The lowest BCUT2D eigenvalue weighted by Gasteiger charge is -2.48. The van der Waals surface area contributed by atoms with Crippen molar-refractivity contribution in [3.05, 3.63) is 111 Å². The van der Waals surface area contributed by atoms with Gasteiger partial charge >= 0.3 is 0 Å². The zero-order chi connectivity index (χ0) is 24.0. The molecule has 5 rings (SSSR count). The number of carbonyl (C=O) groups excluding carboxylic acids is 1. The highest BCUT2D eigenvalue weighted by Crippen LogP contribution is 2.40. The van der Waals surface area contributed by atoms with Gasteiger partial charge in [-0.3, -0.25) is 14.2 Å². The molecule has 1 amide bonds. The number of fused-ring (bicyclic) bond motifs is 2. The Morgan fingerprint density at radius 3 is 1.91 bits per heavy atom. The summed E-state index contributed by atoms with van der Waals surface area (Å²) in [6.45, 7) is 5.92. The number of likely N-dealkylation sites (N-methyl/N-ethyl adjacent to an activating group) is 1. The van der Waals surface area contributed by atoms with Crippen LogP contribution in [0.1, 0.15) is 41.0 Å². The summed E-state index contributed by atoms with van der Waals surface area (Å²) in [4.78, 5) is 34.2. The molecule has 0 spiro atoms. The lowest BCUT2D eigenvalue weighted by atomic mass is 9.79. The quantitative estimate of drug-likeness (QED) is 0.451. The average molecular weight is 452 g/mol. The van der Waals surface area contributed by atoms with E-state index in [-0.39, 0.29) is 11.5 Å². The van der Waals surface area contributed by atoms with E-state index in [2.05, 4.69) is 62.4 Å². The summed E-state index contributed by atoms with van der Waals surface area (Å²) in [5.41, 5.74) is 4.24. The third-order valence-electron chi connectivity index (χ3n) is 7.18. The second kappa shape index (κ2) is 8.24. The number of amides is 1. The number of aryl methyl sites for hydroxylation is 2. The van der Waals surface area contributed by atoms with E-state index >= 15 is 0 Å². The van der Waals surface area contributed by atoms with E-state index in [1.165, 1.54) is 11.1 Å². The Morgan fingerprint density at radius 2 is 1.35 bits per heavy atom. The zero-order valence-corrected chi connectivity index (χ0v) is 20.1. The summed E-state index contributed by atoms with van der Waals surface area (Å²) in [5.74, 6) is 0.567. The molecule has 4 aromatic rings. The van der Waals surface area contributed by atoms with E-state index in [9.17, 15) is 9.59 Å². The second-order valence-corrected chi connectivity index (χ2v) is 9.56. The highest BCUT2D eigenvalue weighted by molar-refractivity contribution is 5.84. The third-order valence-corrected chi connectivity index (χ3v) is 7.18. The van der Waals surface area contributed by atoms with E-state index in [4.69, 9.17) is 4.98 Å². The maximum absolute atomic E-state index is 13.7. The van der Waals surface area contributed by atoms with E-state index in [0.717, 1.165) is 11.1 Å². The molecule has 0 saturated carbocycles. The topological polar surface area (TPSA) is 55.2 Å². The highest BCUT2D eigenvalue weighted by atomic mass is 16.2. The van der Waals surface area contributed by atoms with Crippen LogP contribution in [0.3, 0.4) is 0 Å². The maximum atomic E-state index is 13.7. The number of rotatable bonds is 4. The van der Waals surface area contributed by atoms with Crippen LogP contribution in [0, 0.1) is 13.8 Å². The minimum Gasteiger partial charge on any atom is -0.330 e. The standard InChI is InChI=1S/C29H29N3O2/c1-19-9-13-22(14-10-19)17-29(18-23-15-11-20(2)12-16-23)28-30-25-8-6-5-7-24(25)27(34)32(28)21(3)26(33)31(29)4/h5-16,21H,17-18H2,1-4H3/t21-/m0/s1. The summed E-state index contributed by atoms with van der Waals surface area (Å²) in [5, 5.41) is 0.537. The molecule has 0 fully saturated rings. The fourth-order valence-corrected chi connectivity index (χ4v) is 5.13. The molecule has 34 heavy (non-hydrogen) atoms. The molecule has 172 valence electrons. The highest BCUT2D eigenvalue weighted by Gasteiger charge is 2.49. The van der Waals surface area contributed by atoms with E-state index in [1.807, 2.05) is 30.1 Å². The van der Waals surface area contributed by atoms with Gasteiger partial charge in [0.05, 0.1) is 10.9 Å². The molecular formula is C29H29N3O2. The fourth-order valence-electron chi connectivity index (χ4n) is 5.13. The van der Waals surface area contributed by atoms with Crippen LogP contribution < -0.4 is 5.56 Å². The Balaban J connectivity index is 1.81. The predicted molar refractivity (Wildman–Crippen MR) is 135 cm³/mol. The molecule has 5 nitrogen and oxygen atoms in total. The number of benzene rings is 3. The van der Waals surface area contributed by atoms with Crippen molar-refractivity contribution >= 4 is 16.8 Å². The Morgan fingerprint density at radius 1 is 0.824 bits per heavy atom.